The van der Waals surface area contributed by atoms with Crippen LogP contribution in [0.5, 0.6) is 0 Å². The number of nitrogens with zero attached hydrogens (tertiary/aromatic N) is 2. The molecule has 0 aromatic heterocycles. The molecule has 2 saturated carbocycles. The van der Waals surface area contributed by atoms with Crippen LogP contribution in [0.1, 0.15) is 63.5 Å². The number of ether oxygens (including phenoxy) is 1. The van der Waals surface area contributed by atoms with E-state index in [4.69, 9.17) is 9.26 Å². The van der Waals surface area contributed by atoms with Crippen molar-refractivity contribution in [1.29, 1.82) is 0 Å². The number of carbonyl (C=O) groups is 1. The van der Waals surface area contributed by atoms with Crippen LogP contribution in [0.3, 0.4) is 0 Å². The zero-order chi connectivity index (χ0) is 29.3. The molecule has 2 aromatic rings. The van der Waals surface area contributed by atoms with Gasteiger partial charge in [0.2, 0.25) is 5.31 Å². The van der Waals surface area contributed by atoms with E-state index in [0.717, 1.165) is 31.2 Å². The highest BCUT2D eigenvalue weighted by Crippen LogP contribution is 2.58. The SMILES string of the molecule is CCOC(=O)C1C(c2cccc([N+](=O)[O-])c2)C([P+](=O)OC(C2CC2)C2CC2)=C(C)NC1(C)N(C)Cc1ccccc1. The maximum atomic E-state index is 14.2. The number of hydrogen-bond donors (Lipinski definition) is 1. The fraction of sp³-hybridized carbons (Fsp3) is 0.516. The topological polar surface area (TPSA) is 111 Å². The first-order chi connectivity index (χ1) is 19.6. The van der Waals surface area contributed by atoms with E-state index in [0.29, 0.717) is 35.0 Å². The Morgan fingerprint density at radius 3 is 2.39 bits per heavy atom. The third kappa shape index (κ3) is 6.22. The maximum Gasteiger partial charge on any atom is 0.547 e. The first-order valence-corrected chi connectivity index (χ1v) is 15.6. The molecule has 0 radical (unpaired) electrons. The van der Waals surface area contributed by atoms with E-state index in [1.165, 1.54) is 12.1 Å². The van der Waals surface area contributed by atoms with E-state index in [9.17, 15) is 19.5 Å². The Morgan fingerprint density at radius 1 is 1.15 bits per heavy atom. The van der Waals surface area contributed by atoms with E-state index < -0.39 is 36.4 Å². The molecule has 3 aliphatic rings. The van der Waals surface area contributed by atoms with Gasteiger partial charge in [0.05, 0.1) is 23.1 Å². The molecule has 2 fully saturated rings. The lowest BCUT2D eigenvalue weighted by molar-refractivity contribution is -0.384. The molecule has 2 aliphatic carbocycles. The molecule has 4 atom stereocenters. The summed E-state index contributed by atoms with van der Waals surface area (Å²) < 4.78 is 26.2. The summed E-state index contributed by atoms with van der Waals surface area (Å²) in [5.74, 6) is -1.27. The van der Waals surface area contributed by atoms with E-state index >= 15 is 0 Å². The Kier molecular flexibility index (Phi) is 8.60. The Morgan fingerprint density at radius 2 is 1.80 bits per heavy atom. The number of nitro groups is 1. The Hall–Kier alpha value is -3.13. The van der Waals surface area contributed by atoms with Gasteiger partial charge in [0.25, 0.3) is 5.69 Å². The van der Waals surface area contributed by atoms with Crippen molar-refractivity contribution in [2.45, 2.75) is 70.7 Å². The average Bonchev–Trinajstić information content (AvgIpc) is 3.86. The standard InChI is InChI=1S/C31H39N3O6P/c1-5-39-30(35)27-26(24-12-9-13-25(18-24)34(36)37)29(41(38)40-28(22-14-15-22)23-16-17-23)20(2)32-31(27,3)33(4)19-21-10-7-6-8-11-21/h6-13,18,22-23,26-28,32H,5,14-17,19H2,1-4H3/q+1. The van der Waals surface area contributed by atoms with Crippen molar-refractivity contribution in [3.8, 4) is 0 Å². The van der Waals surface area contributed by atoms with Crippen LogP contribution < -0.4 is 5.32 Å². The van der Waals surface area contributed by atoms with Crippen molar-refractivity contribution < 1.29 is 23.5 Å². The summed E-state index contributed by atoms with van der Waals surface area (Å²) in [7, 11) is -0.416. The van der Waals surface area contributed by atoms with E-state index in [-0.39, 0.29) is 18.4 Å². The largest absolute Gasteiger partial charge is 0.547 e. The van der Waals surface area contributed by atoms with Crippen LogP contribution >= 0.6 is 8.03 Å². The molecule has 218 valence electrons. The Labute approximate surface area is 242 Å². The molecule has 1 heterocycles. The molecule has 0 spiro atoms. The summed E-state index contributed by atoms with van der Waals surface area (Å²) in [5.41, 5.74) is 1.17. The monoisotopic (exact) mass is 580 g/mol. The molecule has 4 unspecified atom stereocenters. The van der Waals surface area contributed by atoms with Crippen molar-refractivity contribution in [1.82, 2.24) is 10.2 Å². The first kappa shape index (κ1) is 29.4. The second-order valence-electron chi connectivity index (χ2n) is 11.7. The van der Waals surface area contributed by atoms with Gasteiger partial charge in [-0.3, -0.25) is 19.8 Å². The number of benzene rings is 2. The van der Waals surface area contributed by atoms with Crippen LogP contribution in [0.25, 0.3) is 0 Å². The van der Waals surface area contributed by atoms with Crippen LogP contribution in [0.4, 0.5) is 5.69 Å². The number of hydrogen-bond acceptors (Lipinski definition) is 8. The third-order valence-electron chi connectivity index (χ3n) is 8.68. The lowest BCUT2D eigenvalue weighted by atomic mass is 9.74. The van der Waals surface area contributed by atoms with Crippen molar-refractivity contribution in [3.05, 3.63) is 86.8 Å². The fourth-order valence-corrected chi connectivity index (χ4v) is 7.73. The second kappa shape index (κ2) is 12.0. The summed E-state index contributed by atoms with van der Waals surface area (Å²) in [6.07, 6.45) is 4.22. The van der Waals surface area contributed by atoms with E-state index in [1.54, 1.807) is 19.1 Å². The Balaban J connectivity index is 1.62. The van der Waals surface area contributed by atoms with Crippen LogP contribution in [-0.4, -0.2) is 41.2 Å². The molecule has 0 bridgehead atoms. The number of allylic oxidation sites excluding steroid dienone is 2. The quantitative estimate of drug-likeness (QED) is 0.131. The van der Waals surface area contributed by atoms with Crippen LogP contribution in [-0.2, 0) is 25.2 Å². The molecule has 2 aromatic carbocycles. The van der Waals surface area contributed by atoms with Crippen LogP contribution in [0.15, 0.2) is 65.6 Å². The van der Waals surface area contributed by atoms with E-state index in [1.807, 2.05) is 51.2 Å². The van der Waals surface area contributed by atoms with Crippen LogP contribution in [0, 0.1) is 27.9 Å². The summed E-state index contributed by atoms with van der Waals surface area (Å²) in [4.78, 5) is 27.3. The van der Waals surface area contributed by atoms with Gasteiger partial charge in [0, 0.05) is 18.7 Å². The van der Waals surface area contributed by atoms with Gasteiger partial charge >= 0.3 is 14.0 Å². The highest BCUT2D eigenvalue weighted by molar-refractivity contribution is 7.44. The smallest absolute Gasteiger partial charge is 0.466 e. The van der Waals surface area contributed by atoms with Gasteiger partial charge < -0.3 is 10.1 Å². The first-order valence-electron chi connectivity index (χ1n) is 14.4. The molecule has 0 amide bonds. The summed E-state index contributed by atoms with van der Waals surface area (Å²) in [6, 6.07) is 16.2. The van der Waals surface area contributed by atoms with Crippen molar-refractivity contribution in [2.24, 2.45) is 17.8 Å². The zero-order valence-corrected chi connectivity index (χ0v) is 25.0. The minimum absolute atomic E-state index is 0.0696. The molecule has 10 heteroatoms. The molecule has 1 aliphatic heterocycles. The zero-order valence-electron chi connectivity index (χ0n) is 24.1. The van der Waals surface area contributed by atoms with Crippen molar-refractivity contribution >= 4 is 19.7 Å². The minimum atomic E-state index is -2.35. The van der Waals surface area contributed by atoms with Gasteiger partial charge in [-0.2, -0.15) is 0 Å². The molecular weight excluding hydrogens is 541 g/mol. The lowest BCUT2D eigenvalue weighted by Crippen LogP contribution is -2.65. The Bertz CT molecular complexity index is 1330. The molecule has 5 rings (SSSR count). The molecule has 41 heavy (non-hydrogen) atoms. The number of esters is 1. The van der Waals surface area contributed by atoms with Gasteiger partial charge in [-0.05, 0) is 81.0 Å². The number of nitro benzene ring substituents is 1. The number of nitrogens with one attached hydrogen (secondary N) is 1. The third-order valence-corrected chi connectivity index (χ3v) is 10.1. The molecular formula is C31H39N3O6P+. The maximum absolute atomic E-state index is 14.2. The fourth-order valence-electron chi connectivity index (χ4n) is 6.20. The number of carbonyl (C=O) groups excluding carboxylic acids is 1. The minimum Gasteiger partial charge on any atom is -0.466 e. The predicted octanol–water partition coefficient (Wildman–Crippen LogP) is 6.49. The predicted molar refractivity (Wildman–Crippen MR) is 156 cm³/mol. The molecule has 0 saturated heterocycles. The van der Waals surface area contributed by atoms with Gasteiger partial charge in [-0.25, -0.2) is 0 Å². The van der Waals surface area contributed by atoms with Crippen molar-refractivity contribution in [3.63, 3.8) is 0 Å². The summed E-state index contributed by atoms with van der Waals surface area (Å²) >= 11 is 0. The summed E-state index contributed by atoms with van der Waals surface area (Å²) in [6.45, 7) is 6.24. The number of rotatable bonds is 12. The lowest BCUT2D eigenvalue weighted by Gasteiger charge is -2.49. The van der Waals surface area contributed by atoms with Gasteiger partial charge in [-0.1, -0.05) is 42.5 Å². The van der Waals surface area contributed by atoms with Gasteiger partial charge in [0.15, 0.2) is 0 Å². The van der Waals surface area contributed by atoms with Crippen molar-refractivity contribution in [2.75, 3.05) is 13.7 Å². The normalized spacial score (nSPS) is 24.8. The highest BCUT2D eigenvalue weighted by Gasteiger charge is 2.59. The molecule has 9 nitrogen and oxygen atoms in total. The highest BCUT2D eigenvalue weighted by atomic mass is 31.1. The van der Waals surface area contributed by atoms with Gasteiger partial charge in [0.1, 0.15) is 17.7 Å². The second-order valence-corrected chi connectivity index (χ2v) is 12.9. The summed E-state index contributed by atoms with van der Waals surface area (Å²) in [5, 5.41) is 15.8. The molecule has 1 N–H and O–H groups in total. The van der Waals surface area contributed by atoms with Crippen LogP contribution in [0.2, 0.25) is 0 Å². The van der Waals surface area contributed by atoms with Gasteiger partial charge in [-0.15, -0.1) is 4.52 Å². The average molecular weight is 581 g/mol. The van der Waals surface area contributed by atoms with E-state index in [2.05, 4.69) is 10.2 Å². The number of non-ortho nitro benzene ring substituents is 1.